The van der Waals surface area contributed by atoms with Gasteiger partial charge >= 0.3 is 5.97 Å². The molecule has 0 radical (unpaired) electrons. The van der Waals surface area contributed by atoms with E-state index in [1.165, 1.54) is 76.2 Å². The van der Waals surface area contributed by atoms with Crippen molar-refractivity contribution in [3.05, 3.63) is 77.9 Å². The summed E-state index contributed by atoms with van der Waals surface area (Å²) >= 11 is 1.40. The fourth-order valence-electron chi connectivity index (χ4n) is 5.05. The van der Waals surface area contributed by atoms with Crippen molar-refractivity contribution in [3.8, 4) is 33.6 Å². The van der Waals surface area contributed by atoms with Crippen molar-refractivity contribution in [2.75, 3.05) is 20.3 Å². The van der Waals surface area contributed by atoms with Crippen LogP contribution in [-0.2, 0) is 0 Å². The Morgan fingerprint density at radius 3 is 1.92 bits per heavy atom. The maximum absolute atomic E-state index is 12.8. The third-order valence-corrected chi connectivity index (χ3v) is 8.73. The first-order chi connectivity index (χ1) is 23.6. The van der Waals surface area contributed by atoms with Crippen LogP contribution < -0.4 is 18.9 Å². The van der Waals surface area contributed by atoms with Gasteiger partial charge in [-0.2, -0.15) is 0 Å². The van der Waals surface area contributed by atoms with E-state index >= 15 is 0 Å². The highest BCUT2D eigenvalue weighted by atomic mass is 32.1. The van der Waals surface area contributed by atoms with Crippen LogP contribution in [0.15, 0.2) is 71.7 Å². The van der Waals surface area contributed by atoms with E-state index in [-0.39, 0.29) is 0 Å². The molecule has 0 fully saturated rings. The molecular formula is C39H49N3O5S. The van der Waals surface area contributed by atoms with Gasteiger partial charge in [0.1, 0.15) is 16.5 Å². The van der Waals surface area contributed by atoms with E-state index < -0.39 is 5.97 Å². The van der Waals surface area contributed by atoms with Gasteiger partial charge in [-0.05, 0) is 85.1 Å². The Hall–Kier alpha value is -4.24. The smallest absolute Gasteiger partial charge is 0.343 e. The molecule has 0 N–H and O–H groups in total. The maximum atomic E-state index is 12.8. The van der Waals surface area contributed by atoms with Gasteiger partial charge in [0, 0.05) is 11.8 Å². The molecule has 0 spiro atoms. The number of ether oxygens (including phenoxy) is 4. The van der Waals surface area contributed by atoms with Gasteiger partial charge in [0.25, 0.3) is 0 Å². The van der Waals surface area contributed by atoms with Gasteiger partial charge in [-0.1, -0.05) is 89.4 Å². The molecule has 4 rings (SSSR count). The topological polar surface area (TPSA) is 92.1 Å². The van der Waals surface area contributed by atoms with E-state index in [2.05, 4.69) is 29.0 Å². The van der Waals surface area contributed by atoms with Crippen molar-refractivity contribution < 1.29 is 23.7 Å². The van der Waals surface area contributed by atoms with E-state index in [1.54, 1.807) is 48.7 Å². The number of carbonyl (C=O) groups excluding carboxylic acids is 1. The van der Waals surface area contributed by atoms with Crippen molar-refractivity contribution >= 4 is 28.7 Å². The predicted octanol–water partition coefficient (Wildman–Crippen LogP) is 10.7. The maximum Gasteiger partial charge on any atom is 0.343 e. The van der Waals surface area contributed by atoms with Gasteiger partial charge < -0.3 is 18.9 Å². The number of esters is 1. The lowest BCUT2D eigenvalue weighted by molar-refractivity contribution is 0.0729. The predicted molar refractivity (Wildman–Crippen MR) is 195 cm³/mol. The van der Waals surface area contributed by atoms with Gasteiger partial charge in [0.15, 0.2) is 11.5 Å². The lowest BCUT2D eigenvalue weighted by Gasteiger charge is -2.10. The highest BCUT2D eigenvalue weighted by Crippen LogP contribution is 2.31. The molecule has 9 heteroatoms. The molecule has 256 valence electrons. The van der Waals surface area contributed by atoms with Crippen molar-refractivity contribution in [3.63, 3.8) is 0 Å². The molecule has 0 aliphatic rings. The number of benzene rings is 3. The summed E-state index contributed by atoms with van der Waals surface area (Å²) in [7, 11) is 1.53. The van der Waals surface area contributed by atoms with Crippen LogP contribution in [-0.4, -0.2) is 42.7 Å². The minimum Gasteiger partial charge on any atom is -0.494 e. The molecule has 0 saturated carbocycles. The zero-order valence-corrected chi connectivity index (χ0v) is 29.4. The summed E-state index contributed by atoms with van der Waals surface area (Å²) in [6, 6.07) is 20.2. The number of nitrogens with zero attached hydrogens (tertiary/aromatic N) is 3. The lowest BCUT2D eigenvalue weighted by Crippen LogP contribution is -2.09. The minimum absolute atomic E-state index is 0.319. The number of rotatable bonds is 22. The molecule has 1 aromatic heterocycles. The van der Waals surface area contributed by atoms with Crippen LogP contribution >= 0.6 is 11.3 Å². The minimum atomic E-state index is -0.478. The van der Waals surface area contributed by atoms with Gasteiger partial charge in [-0.25, -0.2) is 9.79 Å². The first kappa shape index (κ1) is 36.6. The van der Waals surface area contributed by atoms with Gasteiger partial charge in [0.2, 0.25) is 5.13 Å². The first-order valence-corrected chi connectivity index (χ1v) is 18.1. The van der Waals surface area contributed by atoms with Crippen LogP contribution in [0.25, 0.3) is 10.6 Å². The standard InChI is InChI=1S/C39H49N3O5S/c1-4-6-8-10-11-12-13-15-27-46-33-21-17-31(18-22-33)37-41-42-39(48-37)40-29-30-16-25-35(36(28-30)44-3)47-38(43)32-19-23-34(24-20-32)45-26-14-9-7-5-2/h16-25,28-29H,4-15,26-27H2,1-3H3/b40-29+. The second-order valence-corrected chi connectivity index (χ2v) is 12.7. The summed E-state index contributed by atoms with van der Waals surface area (Å²) in [5, 5.41) is 9.85. The molecule has 0 saturated heterocycles. The Balaban J connectivity index is 1.24. The van der Waals surface area contributed by atoms with Crippen molar-refractivity contribution in [2.24, 2.45) is 4.99 Å². The van der Waals surface area contributed by atoms with E-state index in [9.17, 15) is 4.79 Å². The molecule has 0 bridgehead atoms. The number of unbranched alkanes of at least 4 members (excludes halogenated alkanes) is 10. The van der Waals surface area contributed by atoms with Crippen LogP contribution in [0.3, 0.4) is 0 Å². The zero-order valence-electron chi connectivity index (χ0n) is 28.6. The highest BCUT2D eigenvalue weighted by molar-refractivity contribution is 7.18. The largest absolute Gasteiger partial charge is 0.494 e. The van der Waals surface area contributed by atoms with Crippen molar-refractivity contribution in [2.45, 2.75) is 90.9 Å². The van der Waals surface area contributed by atoms with E-state index in [4.69, 9.17) is 18.9 Å². The number of hydrogen-bond acceptors (Lipinski definition) is 9. The summed E-state index contributed by atoms with van der Waals surface area (Å²) in [6.07, 6.45) is 16.5. The SMILES string of the molecule is CCCCCCCCCCOc1ccc(-c2nnc(/N=C/c3ccc(OC(=O)c4ccc(OCCCCCC)cc4)c(OC)c3)s2)cc1. The summed E-state index contributed by atoms with van der Waals surface area (Å²) in [4.78, 5) is 17.3. The number of aliphatic imine (C=N–C) groups is 1. The average Bonchev–Trinajstić information content (AvgIpc) is 3.60. The third kappa shape index (κ3) is 12.4. The molecule has 0 unspecified atom stereocenters. The van der Waals surface area contributed by atoms with E-state index in [1.807, 2.05) is 24.3 Å². The molecule has 0 atom stereocenters. The summed E-state index contributed by atoms with van der Waals surface area (Å²) < 4.78 is 22.8. The number of carbonyl (C=O) groups is 1. The summed E-state index contributed by atoms with van der Waals surface area (Å²) in [5.41, 5.74) is 2.15. The molecule has 8 nitrogen and oxygen atoms in total. The first-order valence-electron chi connectivity index (χ1n) is 17.3. The molecule has 0 aliphatic heterocycles. The van der Waals surface area contributed by atoms with Crippen LogP contribution in [0.1, 0.15) is 107 Å². The Morgan fingerprint density at radius 1 is 0.708 bits per heavy atom. The molecule has 1 heterocycles. The monoisotopic (exact) mass is 671 g/mol. The van der Waals surface area contributed by atoms with Crippen LogP contribution in [0.4, 0.5) is 5.13 Å². The highest BCUT2D eigenvalue weighted by Gasteiger charge is 2.14. The number of aromatic nitrogens is 2. The number of hydrogen-bond donors (Lipinski definition) is 0. The van der Waals surface area contributed by atoms with Crippen LogP contribution in [0.2, 0.25) is 0 Å². The normalized spacial score (nSPS) is 11.1. The molecule has 4 aromatic rings. The van der Waals surface area contributed by atoms with Gasteiger partial charge in [-0.3, -0.25) is 0 Å². The van der Waals surface area contributed by atoms with Crippen molar-refractivity contribution in [1.29, 1.82) is 0 Å². The van der Waals surface area contributed by atoms with Gasteiger partial charge in [-0.15, -0.1) is 10.2 Å². The molecular weight excluding hydrogens is 623 g/mol. The quantitative estimate of drug-likeness (QED) is 0.0355. The average molecular weight is 672 g/mol. The van der Waals surface area contributed by atoms with Crippen LogP contribution in [0.5, 0.6) is 23.0 Å². The third-order valence-electron chi connectivity index (χ3n) is 7.85. The molecule has 3 aromatic carbocycles. The second-order valence-electron chi connectivity index (χ2n) is 11.7. The zero-order chi connectivity index (χ0) is 33.8. The second kappa shape index (κ2) is 20.9. The fourth-order valence-corrected chi connectivity index (χ4v) is 5.74. The summed E-state index contributed by atoms with van der Waals surface area (Å²) in [6.45, 7) is 5.84. The molecule has 48 heavy (non-hydrogen) atoms. The van der Waals surface area contributed by atoms with Crippen molar-refractivity contribution in [1.82, 2.24) is 10.2 Å². The molecule has 0 amide bonds. The van der Waals surface area contributed by atoms with E-state index in [0.29, 0.717) is 28.8 Å². The van der Waals surface area contributed by atoms with Crippen LogP contribution in [0, 0.1) is 0 Å². The number of methoxy groups -OCH3 is 1. The molecule has 0 aliphatic carbocycles. The Labute approximate surface area is 289 Å². The Morgan fingerprint density at radius 2 is 1.29 bits per heavy atom. The fraction of sp³-hybridized carbons (Fsp3) is 0.436. The Kier molecular flexibility index (Phi) is 15.9. The Bertz CT molecular complexity index is 1540. The lowest BCUT2D eigenvalue weighted by atomic mass is 10.1. The van der Waals surface area contributed by atoms with E-state index in [0.717, 1.165) is 53.5 Å². The summed E-state index contributed by atoms with van der Waals surface area (Å²) in [5.74, 6) is 1.86. The van der Waals surface area contributed by atoms with Gasteiger partial charge in [0.05, 0.1) is 25.9 Å².